The quantitative estimate of drug-likeness (QED) is 0.685. The van der Waals surface area contributed by atoms with Gasteiger partial charge in [-0.2, -0.15) is 9.40 Å². The van der Waals surface area contributed by atoms with E-state index in [1.165, 1.54) is 5.56 Å². The second kappa shape index (κ2) is 7.03. The number of pyridine rings is 1. The Morgan fingerprint density at radius 2 is 1.81 bits per heavy atom. The molecule has 3 heterocycles. The smallest absolute Gasteiger partial charge is 0.245 e. The fourth-order valence-corrected chi connectivity index (χ4v) is 5.08. The molecule has 1 fully saturated rings. The highest BCUT2D eigenvalue weighted by molar-refractivity contribution is 7.89. The Hall–Kier alpha value is -2.29. The Labute approximate surface area is 159 Å². The topological polar surface area (TPSA) is 71.3 Å². The fraction of sp³-hybridized carbons (Fsp3) is 0.368. The van der Waals surface area contributed by atoms with Crippen LogP contribution in [0.15, 0.2) is 47.6 Å². The summed E-state index contributed by atoms with van der Waals surface area (Å²) in [7, 11) is -1.63. The second-order valence-electron chi connectivity index (χ2n) is 6.89. The molecule has 0 aliphatic carbocycles. The Kier molecular flexibility index (Phi) is 4.71. The first-order chi connectivity index (χ1) is 13.0. The van der Waals surface area contributed by atoms with Crippen LogP contribution in [0.4, 0.5) is 0 Å². The minimum atomic E-state index is -3.56. The van der Waals surface area contributed by atoms with Crippen LogP contribution in [-0.2, 0) is 23.6 Å². The van der Waals surface area contributed by atoms with E-state index < -0.39 is 10.0 Å². The van der Waals surface area contributed by atoms with Crippen molar-refractivity contribution in [2.75, 3.05) is 26.2 Å². The zero-order chi connectivity index (χ0) is 19.0. The van der Waals surface area contributed by atoms with Crippen molar-refractivity contribution in [2.24, 2.45) is 7.05 Å². The molecule has 27 heavy (non-hydrogen) atoms. The molecule has 142 valence electrons. The number of sulfonamides is 1. The Balaban J connectivity index is 1.51. The largest absolute Gasteiger partial charge is 0.296 e. The number of fused-ring (bicyclic) bond motifs is 1. The molecule has 0 saturated carbocycles. The summed E-state index contributed by atoms with van der Waals surface area (Å²) in [4.78, 5) is 6.86. The van der Waals surface area contributed by atoms with Gasteiger partial charge in [0.1, 0.15) is 4.90 Å². The molecule has 0 amide bonds. The van der Waals surface area contributed by atoms with Crippen LogP contribution in [0.2, 0.25) is 0 Å². The zero-order valence-electron chi connectivity index (χ0n) is 15.5. The van der Waals surface area contributed by atoms with E-state index in [2.05, 4.69) is 21.9 Å². The Morgan fingerprint density at radius 1 is 1.07 bits per heavy atom. The molecule has 8 heteroatoms. The van der Waals surface area contributed by atoms with Gasteiger partial charge in [0.15, 0.2) is 0 Å². The molecule has 4 rings (SSSR count). The van der Waals surface area contributed by atoms with E-state index in [0.29, 0.717) is 31.7 Å². The molecule has 1 aliphatic heterocycles. The van der Waals surface area contributed by atoms with Crippen molar-refractivity contribution in [3.05, 3.63) is 54.0 Å². The van der Waals surface area contributed by atoms with Gasteiger partial charge in [0, 0.05) is 62.6 Å². The number of hydrogen-bond donors (Lipinski definition) is 0. The predicted molar refractivity (Wildman–Crippen MR) is 104 cm³/mol. The number of aryl methyl sites for hydroxylation is 1. The lowest BCUT2D eigenvalue weighted by Crippen LogP contribution is -2.48. The average molecular weight is 385 g/mol. The average Bonchev–Trinajstić information content (AvgIpc) is 3.00. The predicted octanol–water partition coefficient (Wildman–Crippen LogP) is 1.78. The summed E-state index contributed by atoms with van der Waals surface area (Å²) in [6.45, 7) is 5.20. The molecule has 7 nitrogen and oxygen atoms in total. The highest BCUT2D eigenvalue weighted by Gasteiger charge is 2.30. The molecular weight excluding hydrogens is 362 g/mol. The summed E-state index contributed by atoms with van der Waals surface area (Å²) in [5, 5.41) is 5.12. The summed E-state index contributed by atoms with van der Waals surface area (Å²) < 4.78 is 29.8. The summed E-state index contributed by atoms with van der Waals surface area (Å²) in [5.41, 5.74) is 2.87. The monoisotopic (exact) mass is 385 g/mol. The van der Waals surface area contributed by atoms with E-state index in [0.717, 1.165) is 17.6 Å². The van der Waals surface area contributed by atoms with Crippen molar-refractivity contribution in [2.45, 2.75) is 18.4 Å². The second-order valence-corrected chi connectivity index (χ2v) is 8.80. The van der Waals surface area contributed by atoms with Gasteiger partial charge >= 0.3 is 0 Å². The van der Waals surface area contributed by atoms with Gasteiger partial charge in [-0.05, 0) is 19.1 Å². The van der Waals surface area contributed by atoms with E-state index in [-0.39, 0.29) is 4.90 Å². The van der Waals surface area contributed by atoms with E-state index >= 15 is 0 Å². The molecule has 0 N–H and O–H groups in total. The van der Waals surface area contributed by atoms with Crippen molar-refractivity contribution in [3.8, 4) is 0 Å². The number of para-hydroxylation sites is 1. The number of benzene rings is 1. The van der Waals surface area contributed by atoms with Crippen LogP contribution in [0.3, 0.4) is 0 Å². The molecule has 0 bridgehead atoms. The summed E-state index contributed by atoms with van der Waals surface area (Å²) >= 11 is 0. The van der Waals surface area contributed by atoms with E-state index in [9.17, 15) is 8.42 Å². The number of nitrogens with zero attached hydrogens (tertiary/aromatic N) is 5. The Morgan fingerprint density at radius 3 is 2.52 bits per heavy atom. The molecule has 0 spiro atoms. The van der Waals surface area contributed by atoms with Crippen molar-refractivity contribution in [1.29, 1.82) is 0 Å². The first-order valence-corrected chi connectivity index (χ1v) is 10.4. The van der Waals surface area contributed by atoms with E-state index in [4.69, 9.17) is 0 Å². The van der Waals surface area contributed by atoms with Crippen LogP contribution in [-0.4, -0.2) is 58.6 Å². The lowest BCUT2D eigenvalue weighted by Gasteiger charge is -2.34. The summed E-state index contributed by atoms with van der Waals surface area (Å²) in [6, 6.07) is 9.01. The molecule has 2 aromatic heterocycles. The van der Waals surface area contributed by atoms with Crippen molar-refractivity contribution in [3.63, 3.8) is 0 Å². The zero-order valence-corrected chi connectivity index (χ0v) is 16.4. The molecule has 1 aromatic carbocycles. The minimum Gasteiger partial charge on any atom is -0.296 e. The molecule has 0 radical (unpaired) electrons. The van der Waals surface area contributed by atoms with Crippen molar-refractivity contribution in [1.82, 2.24) is 24.0 Å². The maximum absolute atomic E-state index is 13.2. The molecule has 1 aliphatic rings. The van der Waals surface area contributed by atoms with Crippen LogP contribution < -0.4 is 0 Å². The van der Waals surface area contributed by atoms with Gasteiger partial charge in [-0.1, -0.05) is 18.2 Å². The molecule has 1 saturated heterocycles. The van der Waals surface area contributed by atoms with Crippen molar-refractivity contribution < 1.29 is 8.42 Å². The lowest BCUT2D eigenvalue weighted by atomic mass is 10.2. The minimum absolute atomic E-state index is 0.289. The Bertz CT molecular complexity index is 1060. The van der Waals surface area contributed by atoms with Crippen LogP contribution in [0.1, 0.15) is 11.3 Å². The number of piperazine rings is 1. The third-order valence-corrected chi connectivity index (χ3v) is 7.21. The fourth-order valence-electron chi connectivity index (χ4n) is 3.49. The van der Waals surface area contributed by atoms with E-state index in [1.54, 1.807) is 22.6 Å². The van der Waals surface area contributed by atoms with Gasteiger partial charge in [0.25, 0.3) is 0 Å². The first-order valence-electron chi connectivity index (χ1n) is 9.00. The SMILES string of the molecule is Cc1c(CN2CCN(S(=O)(=O)c3cccc4cccnc34)CC2)cnn1C. The third kappa shape index (κ3) is 3.36. The van der Waals surface area contributed by atoms with Gasteiger partial charge in [0.2, 0.25) is 10.0 Å². The van der Waals surface area contributed by atoms with Crippen LogP contribution >= 0.6 is 0 Å². The molecule has 3 aromatic rings. The summed E-state index contributed by atoms with van der Waals surface area (Å²) in [5.74, 6) is 0. The van der Waals surface area contributed by atoms with Crippen LogP contribution in [0.5, 0.6) is 0 Å². The maximum Gasteiger partial charge on any atom is 0.245 e. The van der Waals surface area contributed by atoms with Gasteiger partial charge < -0.3 is 0 Å². The number of aromatic nitrogens is 3. The molecular formula is C19H23N5O2S. The van der Waals surface area contributed by atoms with Gasteiger partial charge in [0.05, 0.1) is 11.7 Å². The normalized spacial score (nSPS) is 16.8. The lowest BCUT2D eigenvalue weighted by molar-refractivity contribution is 0.181. The highest BCUT2D eigenvalue weighted by atomic mass is 32.2. The van der Waals surface area contributed by atoms with Gasteiger partial charge in [-0.25, -0.2) is 8.42 Å². The van der Waals surface area contributed by atoms with Crippen LogP contribution in [0.25, 0.3) is 10.9 Å². The highest BCUT2D eigenvalue weighted by Crippen LogP contribution is 2.25. The van der Waals surface area contributed by atoms with Gasteiger partial charge in [-0.3, -0.25) is 14.6 Å². The first kappa shape index (κ1) is 18.1. The maximum atomic E-state index is 13.2. The third-order valence-electron chi connectivity index (χ3n) is 5.28. The van der Waals surface area contributed by atoms with E-state index in [1.807, 2.05) is 36.1 Å². The van der Waals surface area contributed by atoms with Gasteiger partial charge in [-0.15, -0.1) is 0 Å². The number of rotatable bonds is 4. The standard InChI is InChI=1S/C19H23N5O2S/c1-15-17(13-21-22(15)2)14-23-9-11-24(12-10-23)27(25,26)18-7-3-5-16-6-4-8-20-19(16)18/h3-8,13H,9-12,14H2,1-2H3. The number of hydrogen-bond acceptors (Lipinski definition) is 5. The van der Waals surface area contributed by atoms with Crippen LogP contribution in [0, 0.1) is 6.92 Å². The molecule has 0 unspecified atom stereocenters. The summed E-state index contributed by atoms with van der Waals surface area (Å²) in [6.07, 6.45) is 3.52. The van der Waals surface area contributed by atoms with Crippen molar-refractivity contribution >= 4 is 20.9 Å². The molecule has 0 atom stereocenters.